The lowest BCUT2D eigenvalue weighted by atomic mass is 9.49. The Balaban J connectivity index is 1.45. The predicted molar refractivity (Wildman–Crippen MR) is 199 cm³/mol. The average molecular weight is 684 g/mol. The summed E-state index contributed by atoms with van der Waals surface area (Å²) in [7, 11) is 3.79. The zero-order valence-electron chi connectivity index (χ0n) is 29.5. The molecule has 1 unspecified atom stereocenters. The zero-order valence-corrected chi connectivity index (χ0v) is 29.5. The lowest BCUT2D eigenvalue weighted by Crippen LogP contribution is -2.44. The molecule has 1 saturated heterocycles. The fourth-order valence-electron chi connectivity index (χ4n) is 6.78. The number of hydrogen-bond acceptors (Lipinski definition) is 8. The van der Waals surface area contributed by atoms with Gasteiger partial charge in [0.25, 0.3) is 0 Å². The van der Waals surface area contributed by atoms with Crippen molar-refractivity contribution in [2.75, 3.05) is 28.4 Å². The Hall–Kier alpha value is -4.99. The SMILES string of the molecule is C/C=C(\OC)C(c1ccc(OC)cc1)[C@H](OB(O)B1O[C@H](c2ccccc2)C(c2ccc(OC)cc2)(c2ccc(OC)cc2)O1)c1ccccc1. The highest BCUT2D eigenvalue weighted by atomic mass is 16.7. The van der Waals surface area contributed by atoms with Gasteiger partial charge in [0.15, 0.2) is 0 Å². The van der Waals surface area contributed by atoms with Crippen molar-refractivity contribution in [1.82, 2.24) is 0 Å². The third kappa shape index (κ3) is 7.41. The summed E-state index contributed by atoms with van der Waals surface area (Å²) in [6.45, 7) is 1.92. The molecule has 0 amide bonds. The van der Waals surface area contributed by atoms with Crippen LogP contribution >= 0.6 is 0 Å². The van der Waals surface area contributed by atoms with Crippen molar-refractivity contribution in [3.8, 4) is 17.2 Å². The number of rotatable bonds is 14. The third-order valence-corrected chi connectivity index (χ3v) is 9.33. The molecule has 51 heavy (non-hydrogen) atoms. The molecule has 5 aromatic carbocycles. The summed E-state index contributed by atoms with van der Waals surface area (Å²) in [4.78, 5) is 0. The van der Waals surface area contributed by atoms with Gasteiger partial charge in [-0.1, -0.05) is 97.1 Å². The van der Waals surface area contributed by atoms with Gasteiger partial charge in [0, 0.05) is 0 Å². The zero-order chi connectivity index (χ0) is 35.8. The van der Waals surface area contributed by atoms with Crippen molar-refractivity contribution < 1.29 is 37.9 Å². The molecule has 3 atom stereocenters. The summed E-state index contributed by atoms with van der Waals surface area (Å²) >= 11 is 0. The minimum atomic E-state index is -1.53. The van der Waals surface area contributed by atoms with Crippen molar-refractivity contribution in [2.24, 2.45) is 0 Å². The van der Waals surface area contributed by atoms with E-state index in [1.54, 1.807) is 28.4 Å². The Morgan fingerprint density at radius 1 is 0.686 bits per heavy atom. The molecule has 1 aliphatic rings. The molecule has 0 bridgehead atoms. The second-order valence-corrected chi connectivity index (χ2v) is 12.1. The first-order valence-electron chi connectivity index (χ1n) is 16.9. The predicted octanol–water partition coefficient (Wildman–Crippen LogP) is 7.88. The molecule has 0 aromatic heterocycles. The Labute approximate surface area is 300 Å². The van der Waals surface area contributed by atoms with Crippen LogP contribution in [-0.4, -0.2) is 47.5 Å². The van der Waals surface area contributed by atoms with Gasteiger partial charge < -0.3 is 37.9 Å². The molecule has 1 N–H and O–H groups in total. The third-order valence-electron chi connectivity index (χ3n) is 9.33. The van der Waals surface area contributed by atoms with Gasteiger partial charge in [-0.25, -0.2) is 0 Å². The molecule has 260 valence electrons. The molecule has 1 heterocycles. The maximum absolute atomic E-state index is 12.1. The topological polar surface area (TPSA) is 84.8 Å². The van der Waals surface area contributed by atoms with E-state index in [4.69, 9.17) is 32.9 Å². The van der Waals surface area contributed by atoms with Crippen LogP contribution < -0.4 is 14.2 Å². The summed E-state index contributed by atoms with van der Waals surface area (Å²) in [5.74, 6) is 2.35. The number of methoxy groups -OCH3 is 4. The van der Waals surface area contributed by atoms with Crippen LogP contribution in [-0.2, 0) is 24.3 Å². The highest BCUT2D eigenvalue weighted by Crippen LogP contribution is 2.52. The van der Waals surface area contributed by atoms with Crippen molar-refractivity contribution >= 4 is 14.0 Å². The first-order chi connectivity index (χ1) is 24.9. The summed E-state index contributed by atoms with van der Waals surface area (Å²) < 4.78 is 42.9. The van der Waals surface area contributed by atoms with E-state index in [-0.39, 0.29) is 0 Å². The lowest BCUT2D eigenvalue weighted by molar-refractivity contribution is 0.0724. The largest absolute Gasteiger partial charge is 0.501 e. The van der Waals surface area contributed by atoms with Gasteiger partial charge in [0.2, 0.25) is 0 Å². The molecule has 0 saturated carbocycles. The van der Waals surface area contributed by atoms with Crippen LogP contribution in [0.4, 0.5) is 0 Å². The lowest BCUT2D eigenvalue weighted by Gasteiger charge is -2.36. The maximum Gasteiger partial charge on any atom is 0.489 e. The van der Waals surface area contributed by atoms with E-state index in [1.165, 1.54) is 0 Å². The molecule has 5 aromatic rings. The van der Waals surface area contributed by atoms with E-state index in [9.17, 15) is 5.02 Å². The fraction of sp³-hybridized carbons (Fsp3) is 0.220. The molecular weight excluding hydrogens is 642 g/mol. The van der Waals surface area contributed by atoms with Crippen molar-refractivity contribution in [1.29, 1.82) is 0 Å². The first kappa shape index (κ1) is 35.8. The Morgan fingerprint density at radius 3 is 1.65 bits per heavy atom. The second kappa shape index (κ2) is 16.4. The molecule has 6 rings (SSSR count). The average Bonchev–Trinajstić information content (AvgIpc) is 3.62. The molecular formula is C41H42B2O8. The minimum absolute atomic E-state index is 0.442. The summed E-state index contributed by atoms with van der Waals surface area (Å²) in [6.07, 6.45) is 0.522. The Bertz CT molecular complexity index is 1810. The molecule has 10 heteroatoms. The van der Waals surface area contributed by atoms with Gasteiger partial charge in [-0.2, -0.15) is 0 Å². The number of hydrogen-bond donors (Lipinski definition) is 1. The van der Waals surface area contributed by atoms with E-state index in [2.05, 4.69) is 0 Å². The van der Waals surface area contributed by atoms with E-state index >= 15 is 0 Å². The molecule has 1 aliphatic heterocycles. The fourth-order valence-corrected chi connectivity index (χ4v) is 6.78. The van der Waals surface area contributed by atoms with Crippen LogP contribution in [0.15, 0.2) is 145 Å². The van der Waals surface area contributed by atoms with Gasteiger partial charge >= 0.3 is 14.0 Å². The quantitative estimate of drug-likeness (QED) is 0.0935. The highest BCUT2D eigenvalue weighted by molar-refractivity contribution is 7.10. The number of allylic oxidation sites excluding steroid dienone is 1. The maximum atomic E-state index is 12.1. The monoisotopic (exact) mass is 684 g/mol. The van der Waals surface area contributed by atoms with Gasteiger partial charge in [0.1, 0.15) is 34.7 Å². The molecule has 8 nitrogen and oxygen atoms in total. The van der Waals surface area contributed by atoms with Crippen molar-refractivity contribution in [3.05, 3.63) is 173 Å². The summed E-state index contributed by atoms with van der Waals surface area (Å²) in [5, 5.41) is 12.1. The van der Waals surface area contributed by atoms with E-state index < -0.39 is 37.7 Å². The normalized spacial score (nSPS) is 16.6. The molecule has 0 radical (unpaired) electrons. The van der Waals surface area contributed by atoms with Gasteiger partial charge in [0.05, 0.1) is 40.5 Å². The van der Waals surface area contributed by atoms with Crippen LogP contribution in [0.3, 0.4) is 0 Å². The standard InChI is InChI=1S/C41H42B2O8/c1-6-37(48-5)38(29-17-23-34(45-2)24-18-29)39(30-13-9-7-10-14-30)49-42(44)43-50-40(31-15-11-8-12-16-31)41(51-43,32-19-25-35(46-3)26-20-32)33-21-27-36(47-4)28-22-33/h6-28,38-40,44H,1-5H3/b37-6-/t38?,39-,40-/m1/s1. The van der Waals surface area contributed by atoms with E-state index in [0.717, 1.165) is 33.6 Å². The molecule has 0 aliphatic carbocycles. The molecule has 1 fully saturated rings. The van der Waals surface area contributed by atoms with Crippen LogP contribution in [0.25, 0.3) is 0 Å². The molecule has 0 spiro atoms. The first-order valence-corrected chi connectivity index (χ1v) is 16.9. The summed E-state index contributed by atoms with van der Waals surface area (Å²) in [6, 6.07) is 42.8. The minimum Gasteiger partial charge on any atom is -0.501 e. The van der Waals surface area contributed by atoms with Gasteiger partial charge in [-0.15, -0.1) is 0 Å². The number of ether oxygens (including phenoxy) is 4. The summed E-state index contributed by atoms with van der Waals surface area (Å²) in [5.41, 5.74) is 3.03. The van der Waals surface area contributed by atoms with Crippen molar-refractivity contribution in [2.45, 2.75) is 30.7 Å². The highest BCUT2D eigenvalue weighted by Gasteiger charge is 2.59. The van der Waals surface area contributed by atoms with Crippen molar-refractivity contribution in [3.63, 3.8) is 0 Å². The Morgan fingerprint density at radius 2 is 1.18 bits per heavy atom. The Kier molecular flexibility index (Phi) is 11.5. The smallest absolute Gasteiger partial charge is 0.489 e. The van der Waals surface area contributed by atoms with E-state index in [0.29, 0.717) is 17.3 Å². The van der Waals surface area contributed by atoms with Crippen LogP contribution in [0.2, 0.25) is 0 Å². The van der Waals surface area contributed by atoms with Crippen LogP contribution in [0.5, 0.6) is 17.2 Å². The van der Waals surface area contributed by atoms with Crippen LogP contribution in [0.1, 0.15) is 52.9 Å². The van der Waals surface area contributed by atoms with Gasteiger partial charge in [-0.05, 0) is 77.2 Å². The van der Waals surface area contributed by atoms with Crippen LogP contribution in [0, 0.1) is 0 Å². The van der Waals surface area contributed by atoms with E-state index in [1.807, 2.05) is 146 Å². The van der Waals surface area contributed by atoms with Gasteiger partial charge in [-0.3, -0.25) is 0 Å². The second-order valence-electron chi connectivity index (χ2n) is 12.1. The number of benzene rings is 5.